The maximum Gasteiger partial charge on any atom is 0.190 e. The first-order valence-corrected chi connectivity index (χ1v) is 2.98. The van der Waals surface area contributed by atoms with Crippen molar-refractivity contribution in [3.8, 4) is 0 Å². The van der Waals surface area contributed by atoms with E-state index in [1.54, 1.807) is 0 Å². The van der Waals surface area contributed by atoms with Crippen LogP contribution in [0.4, 0.5) is 0 Å². The molecule has 0 saturated carbocycles. The van der Waals surface area contributed by atoms with Gasteiger partial charge >= 0.3 is 0 Å². The molecule has 0 heterocycles. The third kappa shape index (κ3) is 1.11. The summed E-state index contributed by atoms with van der Waals surface area (Å²) in [5.41, 5.74) is -0.0285. The number of ketones is 1. The molecule has 1 rings (SSSR count). The number of halogens is 1. The number of aliphatic hydroxyl groups excluding tert-OH is 1. The maximum atomic E-state index is 10.9. The lowest BCUT2D eigenvalue weighted by Gasteiger charge is -2.02. The molecule has 0 amide bonds. The van der Waals surface area contributed by atoms with Crippen molar-refractivity contribution in [2.24, 2.45) is 0 Å². The minimum absolute atomic E-state index is 0.0139. The van der Waals surface area contributed by atoms with Crippen molar-refractivity contribution in [3.63, 3.8) is 0 Å². The second kappa shape index (κ2) is 2.71. The molecular weight excluding hydrogens is 152 g/mol. The topological polar surface area (TPSA) is 37.3 Å². The number of allylic oxidation sites excluding steroid dienone is 5. The summed E-state index contributed by atoms with van der Waals surface area (Å²) in [5, 5.41) is 8.52. The van der Waals surface area contributed by atoms with Crippen molar-refractivity contribution < 1.29 is 11.3 Å². The molecule has 0 aliphatic heterocycles. The first-order valence-electron chi connectivity index (χ1n) is 3.10. The zero-order valence-electron chi connectivity index (χ0n) is 5.97. The number of rotatable bonds is 0. The van der Waals surface area contributed by atoms with E-state index in [9.17, 15) is 4.79 Å². The Morgan fingerprint density at radius 3 is 3.00 bits per heavy atom. The maximum absolute atomic E-state index is 10.9. The Morgan fingerprint density at radius 1 is 1.80 bits per heavy atom. The number of hydrogen-bond donors (Lipinski definition) is 1. The van der Waals surface area contributed by atoms with E-state index in [0.717, 1.165) is 0 Å². The largest absolute Gasteiger partial charge is 0.515 e. The Morgan fingerprint density at radius 2 is 2.50 bits per heavy atom. The molecule has 0 aromatic rings. The van der Waals surface area contributed by atoms with Crippen molar-refractivity contribution >= 4 is 17.4 Å². The monoisotopic (exact) mass is 158 g/mol. The van der Waals surface area contributed by atoms with Crippen molar-refractivity contribution in [1.29, 1.82) is 0 Å². The number of carbonyl (C=O) groups excluding carboxylic acids is 1. The van der Waals surface area contributed by atoms with Gasteiger partial charge in [-0.2, -0.15) is 0 Å². The second-order valence-electron chi connectivity index (χ2n) is 1.70. The predicted octanol–water partition coefficient (Wildman–Crippen LogP) is 1.69. The molecule has 10 heavy (non-hydrogen) atoms. The molecule has 0 aromatic carbocycles. The molecule has 1 N–H and O–H groups in total. The van der Waals surface area contributed by atoms with Crippen molar-refractivity contribution in [3.05, 3.63) is 35.1 Å². The van der Waals surface area contributed by atoms with Crippen LogP contribution in [-0.4, -0.2) is 10.9 Å². The highest BCUT2D eigenvalue weighted by Crippen LogP contribution is 2.18. The van der Waals surface area contributed by atoms with Gasteiger partial charge in [-0.25, -0.2) is 0 Å². The molecular formula is C7H5ClO2. The highest BCUT2D eigenvalue weighted by atomic mass is 35.5. The Labute approximate surface area is 64.5 Å². The molecule has 52 valence electrons. The molecule has 2 nitrogen and oxygen atoms in total. The van der Waals surface area contributed by atoms with Crippen LogP contribution in [0.5, 0.6) is 0 Å². The third-order valence-electron chi connectivity index (χ3n) is 1.08. The Bertz CT molecular complexity index is 289. The molecule has 1 aliphatic carbocycles. The molecule has 0 spiro atoms. The van der Waals surface area contributed by atoms with Gasteiger partial charge in [-0.3, -0.25) is 4.79 Å². The van der Waals surface area contributed by atoms with Gasteiger partial charge in [0, 0.05) is 0 Å². The van der Waals surface area contributed by atoms with Gasteiger partial charge in [0.05, 0.1) is 18.2 Å². The van der Waals surface area contributed by atoms with E-state index < -0.39 is 0 Å². The smallest absolute Gasteiger partial charge is 0.190 e. The van der Waals surface area contributed by atoms with Crippen LogP contribution in [0.2, 0.25) is 0 Å². The third-order valence-corrected chi connectivity index (χ3v) is 1.39. The summed E-state index contributed by atoms with van der Waals surface area (Å²) in [5.74, 6) is -0.381. The lowest BCUT2D eigenvalue weighted by atomic mass is 10.1. The number of carbonyl (C=O) groups is 1. The normalized spacial score (nSPS) is 23.9. The van der Waals surface area contributed by atoms with Gasteiger partial charge in [0.2, 0.25) is 0 Å². The van der Waals surface area contributed by atoms with Crippen LogP contribution in [0.15, 0.2) is 35.1 Å². The van der Waals surface area contributed by atoms with Crippen LogP contribution in [0.25, 0.3) is 0 Å². The Kier molecular flexibility index (Phi) is 1.56. The van der Waals surface area contributed by atoms with Gasteiger partial charge in [-0.05, 0) is 12.1 Å². The van der Waals surface area contributed by atoms with Crippen molar-refractivity contribution in [2.75, 3.05) is 0 Å². The summed E-state index contributed by atoms with van der Waals surface area (Å²) in [7, 11) is 0. The summed E-state index contributed by atoms with van der Waals surface area (Å²) in [4.78, 5) is 10.9. The van der Waals surface area contributed by atoms with Crippen molar-refractivity contribution in [2.45, 2.75) is 0 Å². The van der Waals surface area contributed by atoms with E-state index in [2.05, 4.69) is 0 Å². The van der Waals surface area contributed by atoms with Crippen LogP contribution >= 0.6 is 11.6 Å². The first-order chi connectivity index (χ1) is 5.16. The molecule has 0 aromatic heterocycles. The average Bonchev–Trinajstić information content (AvgIpc) is 1.99. The van der Waals surface area contributed by atoms with E-state index in [4.69, 9.17) is 18.1 Å². The highest BCUT2D eigenvalue weighted by Gasteiger charge is 2.12. The zero-order valence-corrected chi connectivity index (χ0v) is 5.72. The van der Waals surface area contributed by atoms with Crippen LogP contribution in [0.3, 0.4) is 0 Å². The Balaban J connectivity index is 3.17. The summed E-state index contributed by atoms with van der Waals surface area (Å²) in [6, 6.07) is 0.0339. The van der Waals surface area contributed by atoms with E-state index in [1.807, 2.05) is 0 Å². The van der Waals surface area contributed by atoms with Crippen molar-refractivity contribution in [1.82, 2.24) is 0 Å². The van der Waals surface area contributed by atoms with Crippen LogP contribution in [0.1, 0.15) is 1.37 Å². The van der Waals surface area contributed by atoms with E-state index in [1.165, 1.54) is 12.2 Å². The number of aliphatic hydroxyl groups is 1. The fraction of sp³-hybridized carbons (Fsp3) is 0. The van der Waals surface area contributed by atoms with Crippen LogP contribution < -0.4 is 0 Å². The van der Waals surface area contributed by atoms with Crippen LogP contribution in [0, 0.1) is 0 Å². The highest BCUT2D eigenvalue weighted by molar-refractivity contribution is 6.37. The number of hydrogen-bond acceptors (Lipinski definition) is 2. The SMILES string of the molecule is [3H]C1=C(Cl)/C(=C\O)C(=O)C=C1. The molecule has 0 bridgehead atoms. The van der Waals surface area contributed by atoms with Gasteiger partial charge in [-0.15, -0.1) is 0 Å². The average molecular weight is 159 g/mol. The zero-order chi connectivity index (χ0) is 8.43. The standard InChI is InChI=1S/C7H5ClO2/c8-6-2-1-3-7(10)5(6)4-9/h1-4,9H/b5-4+/i2T. The van der Waals surface area contributed by atoms with E-state index >= 15 is 0 Å². The summed E-state index contributed by atoms with van der Waals surface area (Å²) < 4.78 is 7.16. The minimum atomic E-state index is -0.381. The predicted molar refractivity (Wildman–Crippen MR) is 38.8 cm³/mol. The van der Waals surface area contributed by atoms with Crippen LogP contribution in [-0.2, 0) is 4.79 Å². The lowest BCUT2D eigenvalue weighted by molar-refractivity contribution is -0.111. The minimum Gasteiger partial charge on any atom is -0.515 e. The first kappa shape index (κ1) is 5.74. The van der Waals surface area contributed by atoms with Gasteiger partial charge in [0.15, 0.2) is 5.78 Å². The summed E-state index contributed by atoms with van der Waals surface area (Å²) in [6.45, 7) is 0. The molecule has 0 fully saturated rings. The summed E-state index contributed by atoms with van der Waals surface area (Å²) in [6.07, 6.45) is 3.09. The summed E-state index contributed by atoms with van der Waals surface area (Å²) >= 11 is 5.52. The van der Waals surface area contributed by atoms with E-state index in [-0.39, 0.29) is 22.4 Å². The molecule has 0 atom stereocenters. The lowest BCUT2D eigenvalue weighted by Crippen LogP contribution is -2.01. The van der Waals surface area contributed by atoms with E-state index in [0.29, 0.717) is 6.26 Å². The molecule has 0 radical (unpaired) electrons. The molecule has 0 unspecified atom stereocenters. The fourth-order valence-electron chi connectivity index (χ4n) is 0.587. The van der Waals surface area contributed by atoms with Gasteiger partial charge < -0.3 is 5.11 Å². The quantitative estimate of drug-likeness (QED) is 0.430. The van der Waals surface area contributed by atoms with Gasteiger partial charge in [0.25, 0.3) is 0 Å². The Hall–Kier alpha value is -1.02. The van der Waals surface area contributed by atoms with Gasteiger partial charge in [-0.1, -0.05) is 17.7 Å². The molecule has 3 heteroatoms. The van der Waals surface area contributed by atoms with Gasteiger partial charge in [0.1, 0.15) is 0 Å². The fourth-order valence-corrected chi connectivity index (χ4v) is 0.791. The second-order valence-corrected chi connectivity index (χ2v) is 2.08. The molecule has 0 saturated heterocycles. The molecule has 1 aliphatic rings.